The summed E-state index contributed by atoms with van der Waals surface area (Å²) in [7, 11) is -4.02. The molecule has 1 atom stereocenters. The standard InChI is InChI=1S/C22H21F3N2OP/c1-14-3-9-19-18-10-6-16(26)12-20(18)22(15-4-7-17(28-2)8-5-15)27(21(19)11-14)13-29(23,24)25/h3-12,22H,13,26H2,1-2H3/q+1. The van der Waals surface area contributed by atoms with E-state index < -0.39 is 20.5 Å². The van der Waals surface area contributed by atoms with E-state index in [0.717, 1.165) is 27.8 Å². The van der Waals surface area contributed by atoms with E-state index in [9.17, 15) is 12.6 Å². The number of anilines is 2. The number of ether oxygens (including phenoxy) is 1. The second kappa shape index (κ2) is 7.27. The van der Waals surface area contributed by atoms with Crippen LogP contribution in [-0.2, 0) is 0 Å². The second-order valence-corrected chi connectivity index (χ2v) is 8.59. The molecule has 1 aliphatic rings. The lowest BCUT2D eigenvalue weighted by Crippen LogP contribution is -2.33. The summed E-state index contributed by atoms with van der Waals surface area (Å²) in [5.74, 6) is 0.656. The van der Waals surface area contributed by atoms with Crippen molar-refractivity contribution >= 4 is 19.6 Å². The number of methoxy groups -OCH3 is 1. The molecule has 1 heterocycles. The Bertz CT molecular complexity index is 1050. The molecule has 3 aromatic carbocycles. The molecule has 0 aliphatic carbocycles. The van der Waals surface area contributed by atoms with Crippen molar-refractivity contribution in [2.24, 2.45) is 0 Å². The zero-order valence-electron chi connectivity index (χ0n) is 16.1. The maximum atomic E-state index is 13.7. The predicted octanol–water partition coefficient (Wildman–Crippen LogP) is 6.79. The molecular formula is C22H21F3N2OP+. The number of rotatable bonds is 4. The number of benzene rings is 3. The number of nitrogens with zero attached hydrogens (tertiary/aromatic N) is 1. The number of nitrogen functional groups attached to an aromatic ring is 1. The number of nitrogens with two attached hydrogens (primary N) is 1. The van der Waals surface area contributed by atoms with Gasteiger partial charge in [0.25, 0.3) is 0 Å². The molecule has 7 heteroatoms. The van der Waals surface area contributed by atoms with Gasteiger partial charge in [-0.05, 0) is 59.5 Å². The van der Waals surface area contributed by atoms with Crippen LogP contribution in [0.15, 0.2) is 60.7 Å². The van der Waals surface area contributed by atoms with Crippen LogP contribution in [0.5, 0.6) is 5.75 Å². The second-order valence-electron chi connectivity index (χ2n) is 7.20. The molecule has 0 bridgehead atoms. The number of hydrogen-bond donors (Lipinski definition) is 1. The van der Waals surface area contributed by atoms with Crippen LogP contribution in [-0.4, -0.2) is 13.4 Å². The average molecular weight is 417 g/mol. The number of halogens is 3. The number of aryl methyl sites for hydroxylation is 1. The highest BCUT2D eigenvalue weighted by Crippen LogP contribution is 2.66. The summed E-state index contributed by atoms with van der Waals surface area (Å²) >= 11 is 0. The Hall–Kier alpha value is -2.72. The van der Waals surface area contributed by atoms with Crippen molar-refractivity contribution in [2.45, 2.75) is 13.0 Å². The minimum absolute atomic E-state index is 0.527. The Balaban J connectivity index is 1.97. The van der Waals surface area contributed by atoms with E-state index in [4.69, 9.17) is 10.5 Å². The first kappa shape index (κ1) is 19.6. The van der Waals surface area contributed by atoms with Crippen LogP contribution in [0.4, 0.5) is 24.0 Å². The van der Waals surface area contributed by atoms with Gasteiger partial charge in [0.15, 0.2) is 0 Å². The van der Waals surface area contributed by atoms with Gasteiger partial charge < -0.3 is 15.4 Å². The lowest BCUT2D eigenvalue weighted by atomic mass is 9.84. The molecule has 0 saturated carbocycles. The first-order chi connectivity index (χ1) is 13.8. The van der Waals surface area contributed by atoms with Crippen LogP contribution in [0.2, 0.25) is 0 Å². The van der Waals surface area contributed by atoms with Crippen molar-refractivity contribution in [2.75, 3.05) is 24.0 Å². The topological polar surface area (TPSA) is 38.5 Å². The molecule has 29 heavy (non-hydrogen) atoms. The Labute approximate surface area is 168 Å². The normalized spacial score (nSPS) is 15.6. The fourth-order valence-electron chi connectivity index (χ4n) is 3.94. The quantitative estimate of drug-likeness (QED) is 0.375. The largest absolute Gasteiger partial charge is 0.588 e. The van der Waals surface area contributed by atoms with Crippen molar-refractivity contribution in [1.29, 1.82) is 0 Å². The summed E-state index contributed by atoms with van der Waals surface area (Å²) in [6, 6.07) is 17.7. The Morgan fingerprint density at radius 1 is 0.966 bits per heavy atom. The van der Waals surface area contributed by atoms with Gasteiger partial charge in [0.2, 0.25) is 6.29 Å². The highest BCUT2D eigenvalue weighted by molar-refractivity contribution is 7.60. The molecule has 4 rings (SSSR count). The zero-order valence-corrected chi connectivity index (χ0v) is 17.0. The lowest BCUT2D eigenvalue weighted by molar-refractivity contribution is 0.414. The average Bonchev–Trinajstić information content (AvgIpc) is 2.67. The summed E-state index contributed by atoms with van der Waals surface area (Å²) in [5.41, 5.74) is 11.3. The van der Waals surface area contributed by atoms with Gasteiger partial charge in [-0.1, -0.05) is 30.3 Å². The molecule has 3 aromatic rings. The van der Waals surface area contributed by atoms with Crippen LogP contribution in [0.3, 0.4) is 0 Å². The van der Waals surface area contributed by atoms with Gasteiger partial charge in [-0.2, -0.15) is 0 Å². The molecule has 0 fully saturated rings. The highest BCUT2D eigenvalue weighted by Gasteiger charge is 2.49. The molecule has 150 valence electrons. The van der Waals surface area contributed by atoms with Crippen LogP contribution in [0, 0.1) is 6.92 Å². The fraction of sp³-hybridized carbons (Fsp3) is 0.182. The summed E-state index contributed by atoms with van der Waals surface area (Å²) < 4.78 is 46.4. The molecule has 0 spiro atoms. The smallest absolute Gasteiger partial charge is 0.497 e. The molecule has 1 aliphatic heterocycles. The Kier molecular flexibility index (Phi) is 4.91. The number of fused-ring (bicyclic) bond motifs is 3. The SMILES string of the molecule is COc1ccc(C2c3cc(N)ccc3-c3ccc(C)cc3N2C[P+](F)(F)F)cc1. The first-order valence-corrected chi connectivity index (χ1v) is 10.8. The minimum Gasteiger partial charge on any atom is -0.497 e. The van der Waals surface area contributed by atoms with E-state index >= 15 is 0 Å². The molecule has 2 N–H and O–H groups in total. The van der Waals surface area contributed by atoms with Crippen LogP contribution in [0.1, 0.15) is 22.7 Å². The van der Waals surface area contributed by atoms with Gasteiger partial charge in [-0.15, -0.1) is 0 Å². The Morgan fingerprint density at radius 3 is 2.31 bits per heavy atom. The lowest BCUT2D eigenvalue weighted by Gasteiger charge is -2.39. The van der Waals surface area contributed by atoms with E-state index in [1.54, 1.807) is 31.4 Å². The summed E-state index contributed by atoms with van der Waals surface area (Å²) in [5, 5.41) is 0. The van der Waals surface area contributed by atoms with E-state index in [2.05, 4.69) is 0 Å². The number of hydrogen-bond acceptors (Lipinski definition) is 3. The molecule has 0 radical (unpaired) electrons. The minimum atomic E-state index is -5.58. The maximum Gasteiger partial charge on any atom is 0.588 e. The summed E-state index contributed by atoms with van der Waals surface area (Å²) in [6.45, 7) is 1.89. The highest BCUT2D eigenvalue weighted by atomic mass is 31.3. The Morgan fingerprint density at radius 2 is 1.66 bits per heavy atom. The maximum absolute atomic E-state index is 13.7. The van der Waals surface area contributed by atoms with Crippen LogP contribution < -0.4 is 15.4 Å². The van der Waals surface area contributed by atoms with Gasteiger partial charge in [-0.25, -0.2) is 0 Å². The van der Waals surface area contributed by atoms with E-state index in [1.165, 1.54) is 4.90 Å². The van der Waals surface area contributed by atoms with Gasteiger partial charge in [-0.3, -0.25) is 0 Å². The van der Waals surface area contributed by atoms with Crippen LogP contribution in [0.25, 0.3) is 11.1 Å². The van der Waals surface area contributed by atoms with Crippen molar-refractivity contribution in [3.63, 3.8) is 0 Å². The molecular weight excluding hydrogens is 396 g/mol. The monoisotopic (exact) mass is 417 g/mol. The van der Waals surface area contributed by atoms with Gasteiger partial charge in [0.1, 0.15) is 5.75 Å². The molecule has 3 nitrogen and oxygen atoms in total. The first-order valence-electron chi connectivity index (χ1n) is 9.15. The molecule has 1 unspecified atom stereocenters. The van der Waals surface area contributed by atoms with Crippen molar-refractivity contribution in [3.05, 3.63) is 77.4 Å². The van der Waals surface area contributed by atoms with Gasteiger partial charge in [0.05, 0.1) is 13.2 Å². The van der Waals surface area contributed by atoms with Gasteiger partial charge >= 0.3 is 8.19 Å². The van der Waals surface area contributed by atoms with Crippen molar-refractivity contribution in [1.82, 2.24) is 0 Å². The zero-order chi connectivity index (χ0) is 20.8. The third kappa shape index (κ3) is 3.77. The van der Waals surface area contributed by atoms with E-state index in [-0.39, 0.29) is 0 Å². The molecule has 0 aromatic heterocycles. The van der Waals surface area contributed by atoms with Crippen molar-refractivity contribution in [3.8, 4) is 16.9 Å². The predicted molar refractivity (Wildman–Crippen MR) is 113 cm³/mol. The summed E-state index contributed by atoms with van der Waals surface area (Å²) in [4.78, 5) is 1.47. The van der Waals surface area contributed by atoms with E-state index in [0.29, 0.717) is 17.1 Å². The molecule has 0 amide bonds. The van der Waals surface area contributed by atoms with Crippen molar-refractivity contribution < 1.29 is 17.3 Å². The van der Waals surface area contributed by atoms with Crippen LogP contribution >= 0.6 is 8.19 Å². The third-order valence-electron chi connectivity index (χ3n) is 5.18. The summed E-state index contributed by atoms with van der Waals surface area (Å²) in [6.07, 6.45) is -0.950. The fourth-order valence-corrected chi connectivity index (χ4v) is 4.60. The van der Waals surface area contributed by atoms with E-state index in [1.807, 2.05) is 43.3 Å². The molecule has 0 saturated heterocycles. The third-order valence-corrected chi connectivity index (χ3v) is 5.80. The van der Waals surface area contributed by atoms with Gasteiger partial charge in [0, 0.05) is 29.5 Å².